The number of hydrogen-bond donors (Lipinski definition) is 0. The van der Waals surface area contributed by atoms with Gasteiger partial charge in [-0.05, 0) is 29.2 Å². The van der Waals surface area contributed by atoms with Crippen LogP contribution in [0.5, 0.6) is 0 Å². The van der Waals surface area contributed by atoms with Crippen molar-refractivity contribution in [3.8, 4) is 6.07 Å². The zero-order valence-electron chi connectivity index (χ0n) is 10.1. The summed E-state index contributed by atoms with van der Waals surface area (Å²) in [7, 11) is 0. The molecule has 0 unspecified atom stereocenters. The van der Waals surface area contributed by atoms with Crippen LogP contribution in [0.4, 0.5) is 5.69 Å². The maximum Gasteiger partial charge on any atom is 0.106 e. The highest BCUT2D eigenvalue weighted by Gasteiger charge is 2.17. The molecule has 2 nitrogen and oxygen atoms in total. The predicted octanol–water partition coefficient (Wildman–Crippen LogP) is 3.12. The van der Waals surface area contributed by atoms with Gasteiger partial charge in [-0.3, -0.25) is 0 Å². The van der Waals surface area contributed by atoms with Crippen molar-refractivity contribution in [1.82, 2.24) is 0 Å². The maximum atomic E-state index is 8.99. The summed E-state index contributed by atoms with van der Waals surface area (Å²) in [6.45, 7) is 1.26. The lowest BCUT2D eigenvalue weighted by atomic mass is 10.0. The normalized spacial score (nSPS) is 13.2. The molecule has 88 valence electrons. The number of nitriles is 1. The van der Waals surface area contributed by atoms with Crippen LogP contribution in [-0.4, -0.2) is 6.54 Å². The van der Waals surface area contributed by atoms with E-state index in [0.717, 1.165) is 13.0 Å². The molecule has 0 aromatic heterocycles. The van der Waals surface area contributed by atoms with Crippen LogP contribution in [0.15, 0.2) is 48.5 Å². The Labute approximate surface area is 107 Å². The average Bonchev–Trinajstić information content (AvgIpc) is 2.56. The van der Waals surface area contributed by atoms with Crippen LogP contribution in [0.25, 0.3) is 0 Å². The zero-order valence-corrected chi connectivity index (χ0v) is 10.1. The third kappa shape index (κ3) is 1.84. The Kier molecular flexibility index (Phi) is 2.74. The number of para-hydroxylation sites is 1. The predicted molar refractivity (Wildman–Crippen MR) is 72.4 cm³/mol. The summed E-state index contributed by atoms with van der Waals surface area (Å²) in [5.41, 5.74) is 5.18. The van der Waals surface area contributed by atoms with Crippen molar-refractivity contribution in [2.75, 3.05) is 11.4 Å². The Hall–Kier alpha value is -2.27. The van der Waals surface area contributed by atoms with E-state index in [9.17, 15) is 0 Å². The molecule has 2 aromatic rings. The van der Waals surface area contributed by atoms with Gasteiger partial charge in [0.2, 0.25) is 0 Å². The minimum atomic E-state index is 0.436. The lowest BCUT2D eigenvalue weighted by Gasteiger charge is -2.21. The quantitative estimate of drug-likeness (QED) is 0.709. The molecule has 0 aliphatic carbocycles. The third-order valence-corrected chi connectivity index (χ3v) is 3.45. The average molecular weight is 234 g/mol. The molecule has 18 heavy (non-hydrogen) atoms. The Balaban J connectivity index is 2.12. The number of rotatable bonds is 1. The SMILES string of the molecule is N#CCN1Cc2ccccc2Cc2ccccc21. The first-order valence-electron chi connectivity index (χ1n) is 6.15. The van der Waals surface area contributed by atoms with Gasteiger partial charge in [0.15, 0.2) is 0 Å². The Morgan fingerprint density at radius 3 is 2.39 bits per heavy atom. The van der Waals surface area contributed by atoms with E-state index in [1.165, 1.54) is 22.4 Å². The third-order valence-electron chi connectivity index (χ3n) is 3.45. The van der Waals surface area contributed by atoms with E-state index in [1.807, 2.05) is 6.07 Å². The van der Waals surface area contributed by atoms with Crippen LogP contribution in [0.1, 0.15) is 16.7 Å². The van der Waals surface area contributed by atoms with Crippen LogP contribution in [0.2, 0.25) is 0 Å². The lowest BCUT2D eigenvalue weighted by Crippen LogP contribution is -2.22. The van der Waals surface area contributed by atoms with E-state index in [2.05, 4.69) is 53.4 Å². The molecule has 1 aliphatic heterocycles. The number of anilines is 1. The Bertz CT molecular complexity index is 610. The number of fused-ring (bicyclic) bond motifs is 2. The van der Waals surface area contributed by atoms with Crippen LogP contribution in [0.3, 0.4) is 0 Å². The first-order valence-corrected chi connectivity index (χ1v) is 6.15. The summed E-state index contributed by atoms with van der Waals surface area (Å²) >= 11 is 0. The van der Waals surface area contributed by atoms with Crippen molar-refractivity contribution < 1.29 is 0 Å². The summed E-state index contributed by atoms with van der Waals surface area (Å²) in [6.07, 6.45) is 0.953. The van der Waals surface area contributed by atoms with Crippen molar-refractivity contribution in [3.05, 3.63) is 65.2 Å². The molecular formula is C16H14N2. The molecule has 0 N–H and O–H groups in total. The molecule has 3 rings (SSSR count). The standard InChI is InChI=1S/C16H14N2/c17-9-10-18-12-15-7-2-1-5-13(15)11-14-6-3-4-8-16(14)18/h1-8H,10-12H2. The second kappa shape index (κ2) is 4.54. The number of benzene rings is 2. The minimum absolute atomic E-state index is 0.436. The molecule has 0 saturated carbocycles. The molecule has 0 radical (unpaired) electrons. The topological polar surface area (TPSA) is 27.0 Å². The Morgan fingerprint density at radius 1 is 0.944 bits per heavy atom. The van der Waals surface area contributed by atoms with E-state index in [-0.39, 0.29) is 0 Å². The highest BCUT2D eigenvalue weighted by Crippen LogP contribution is 2.29. The van der Waals surface area contributed by atoms with Crippen molar-refractivity contribution >= 4 is 5.69 Å². The molecule has 0 saturated heterocycles. The molecule has 0 bridgehead atoms. The molecule has 0 amide bonds. The molecule has 2 heteroatoms. The van der Waals surface area contributed by atoms with Gasteiger partial charge in [-0.15, -0.1) is 0 Å². The van der Waals surface area contributed by atoms with Gasteiger partial charge in [0, 0.05) is 12.2 Å². The maximum absolute atomic E-state index is 8.99. The smallest absolute Gasteiger partial charge is 0.106 e. The number of hydrogen-bond acceptors (Lipinski definition) is 2. The fourth-order valence-electron chi connectivity index (χ4n) is 2.58. The largest absolute Gasteiger partial charge is 0.354 e. The van der Waals surface area contributed by atoms with Gasteiger partial charge in [-0.25, -0.2) is 0 Å². The molecule has 0 fully saturated rings. The summed E-state index contributed by atoms with van der Waals surface area (Å²) in [6, 6.07) is 19.1. The van der Waals surface area contributed by atoms with Crippen molar-refractivity contribution in [2.24, 2.45) is 0 Å². The van der Waals surface area contributed by atoms with Gasteiger partial charge in [-0.2, -0.15) is 5.26 Å². The second-order valence-electron chi connectivity index (χ2n) is 4.59. The van der Waals surface area contributed by atoms with Gasteiger partial charge in [-0.1, -0.05) is 42.5 Å². The van der Waals surface area contributed by atoms with Crippen LogP contribution in [-0.2, 0) is 13.0 Å². The zero-order chi connectivity index (χ0) is 12.4. The summed E-state index contributed by atoms with van der Waals surface area (Å²) in [4.78, 5) is 2.15. The highest BCUT2D eigenvalue weighted by molar-refractivity contribution is 5.58. The monoisotopic (exact) mass is 234 g/mol. The van der Waals surface area contributed by atoms with Crippen molar-refractivity contribution in [2.45, 2.75) is 13.0 Å². The van der Waals surface area contributed by atoms with Gasteiger partial charge in [0.25, 0.3) is 0 Å². The Morgan fingerprint density at radius 2 is 1.61 bits per heavy atom. The fourth-order valence-corrected chi connectivity index (χ4v) is 2.58. The molecule has 1 heterocycles. The molecule has 0 spiro atoms. The second-order valence-corrected chi connectivity index (χ2v) is 4.59. The summed E-state index contributed by atoms with van der Waals surface area (Å²) < 4.78 is 0. The minimum Gasteiger partial charge on any atom is -0.354 e. The van der Waals surface area contributed by atoms with Crippen LogP contribution in [0, 0.1) is 11.3 Å². The number of nitrogens with zero attached hydrogens (tertiary/aromatic N) is 2. The van der Waals surface area contributed by atoms with Gasteiger partial charge < -0.3 is 4.90 Å². The van der Waals surface area contributed by atoms with Crippen molar-refractivity contribution in [1.29, 1.82) is 5.26 Å². The van der Waals surface area contributed by atoms with E-state index in [1.54, 1.807) is 0 Å². The van der Waals surface area contributed by atoms with Crippen LogP contribution < -0.4 is 4.90 Å². The molecule has 0 atom stereocenters. The fraction of sp³-hybridized carbons (Fsp3) is 0.188. The van der Waals surface area contributed by atoms with E-state index in [0.29, 0.717) is 6.54 Å². The lowest BCUT2D eigenvalue weighted by molar-refractivity contribution is 0.875. The summed E-state index contributed by atoms with van der Waals surface area (Å²) in [5.74, 6) is 0. The van der Waals surface area contributed by atoms with Crippen LogP contribution >= 0.6 is 0 Å². The van der Waals surface area contributed by atoms with Gasteiger partial charge in [0.05, 0.1) is 6.07 Å². The first-order chi connectivity index (χ1) is 8.88. The molecule has 2 aromatic carbocycles. The van der Waals surface area contributed by atoms with E-state index >= 15 is 0 Å². The molecule has 1 aliphatic rings. The van der Waals surface area contributed by atoms with E-state index < -0.39 is 0 Å². The van der Waals surface area contributed by atoms with Gasteiger partial charge in [0.1, 0.15) is 6.54 Å². The van der Waals surface area contributed by atoms with Crippen molar-refractivity contribution in [3.63, 3.8) is 0 Å². The summed E-state index contributed by atoms with van der Waals surface area (Å²) in [5, 5.41) is 8.99. The van der Waals surface area contributed by atoms with Gasteiger partial charge >= 0.3 is 0 Å². The molecular weight excluding hydrogens is 220 g/mol. The van der Waals surface area contributed by atoms with E-state index in [4.69, 9.17) is 5.26 Å². The highest BCUT2D eigenvalue weighted by atomic mass is 15.1. The first kappa shape index (κ1) is 10.9.